The first-order valence-corrected chi connectivity index (χ1v) is 7.19. The summed E-state index contributed by atoms with van der Waals surface area (Å²) in [5, 5.41) is 0. The van der Waals surface area contributed by atoms with Crippen LogP contribution in [0.15, 0.2) is 72.9 Å². The standard InChI is InChI=1S/C19H13NO/c1-2-7-13(8-3-1)18-19(21-18)15-10-5-4-9-14(15)17-16(19)11-6-12-20-17/h1-12,18H. The highest BCUT2D eigenvalue weighted by molar-refractivity contribution is 5.79. The fraction of sp³-hybridized carbons (Fsp3) is 0.105. The van der Waals surface area contributed by atoms with E-state index in [1.807, 2.05) is 18.3 Å². The Kier molecular flexibility index (Phi) is 2.04. The van der Waals surface area contributed by atoms with Gasteiger partial charge in [0.1, 0.15) is 6.10 Å². The van der Waals surface area contributed by atoms with Crippen molar-refractivity contribution in [2.75, 3.05) is 0 Å². The number of fused-ring (bicyclic) bond motifs is 5. The quantitative estimate of drug-likeness (QED) is 0.623. The van der Waals surface area contributed by atoms with Gasteiger partial charge in [0.15, 0.2) is 5.60 Å². The molecular formula is C19H13NO. The van der Waals surface area contributed by atoms with Crippen LogP contribution < -0.4 is 0 Å². The van der Waals surface area contributed by atoms with Crippen molar-refractivity contribution in [1.29, 1.82) is 0 Å². The molecule has 0 saturated carbocycles. The summed E-state index contributed by atoms with van der Waals surface area (Å²) >= 11 is 0. The van der Waals surface area contributed by atoms with E-state index >= 15 is 0 Å². The van der Waals surface area contributed by atoms with Crippen LogP contribution in [0.5, 0.6) is 0 Å². The highest BCUT2D eigenvalue weighted by Crippen LogP contribution is 2.67. The Morgan fingerprint density at radius 2 is 1.57 bits per heavy atom. The second-order valence-electron chi connectivity index (χ2n) is 5.59. The van der Waals surface area contributed by atoms with Crippen molar-refractivity contribution in [3.63, 3.8) is 0 Å². The number of pyridine rings is 1. The Bertz CT molecular complexity index is 795. The van der Waals surface area contributed by atoms with Gasteiger partial charge in [-0.3, -0.25) is 4.98 Å². The van der Waals surface area contributed by atoms with Crippen molar-refractivity contribution < 1.29 is 4.74 Å². The zero-order valence-corrected chi connectivity index (χ0v) is 11.4. The molecule has 1 aliphatic carbocycles. The molecule has 0 bridgehead atoms. The van der Waals surface area contributed by atoms with Crippen molar-refractivity contribution in [3.05, 3.63) is 89.6 Å². The average Bonchev–Trinajstić information content (AvgIpc) is 3.25. The molecule has 1 aliphatic heterocycles. The molecular weight excluding hydrogens is 258 g/mol. The Labute approximate surface area is 123 Å². The van der Waals surface area contributed by atoms with Gasteiger partial charge in [0.2, 0.25) is 0 Å². The van der Waals surface area contributed by atoms with Gasteiger partial charge in [0.25, 0.3) is 0 Å². The lowest BCUT2D eigenvalue weighted by Crippen LogP contribution is -2.08. The van der Waals surface area contributed by atoms with Gasteiger partial charge in [-0.05, 0) is 11.6 Å². The van der Waals surface area contributed by atoms with Crippen molar-refractivity contribution in [2.24, 2.45) is 0 Å². The second-order valence-corrected chi connectivity index (χ2v) is 5.59. The molecule has 1 spiro atoms. The SMILES string of the molecule is c1ccc(C2OC23c2ccccc2-c2ncccc23)cc1. The molecule has 2 aromatic carbocycles. The number of hydrogen-bond acceptors (Lipinski definition) is 2. The van der Waals surface area contributed by atoms with Crippen LogP contribution >= 0.6 is 0 Å². The van der Waals surface area contributed by atoms with E-state index in [1.165, 1.54) is 22.3 Å². The van der Waals surface area contributed by atoms with E-state index in [2.05, 4.69) is 59.6 Å². The number of nitrogens with zero attached hydrogens (tertiary/aromatic N) is 1. The van der Waals surface area contributed by atoms with Crippen LogP contribution in [0.4, 0.5) is 0 Å². The zero-order chi connectivity index (χ0) is 13.9. The first-order valence-electron chi connectivity index (χ1n) is 7.19. The highest BCUT2D eigenvalue weighted by atomic mass is 16.6. The average molecular weight is 271 g/mol. The summed E-state index contributed by atoms with van der Waals surface area (Å²) in [4.78, 5) is 4.58. The molecule has 100 valence electrons. The summed E-state index contributed by atoms with van der Waals surface area (Å²) in [6.07, 6.45) is 1.94. The molecule has 2 unspecified atom stereocenters. The van der Waals surface area contributed by atoms with Crippen LogP contribution in [0.2, 0.25) is 0 Å². The molecule has 3 aromatic rings. The number of benzene rings is 2. The Balaban J connectivity index is 1.75. The highest BCUT2D eigenvalue weighted by Gasteiger charge is 2.64. The van der Waals surface area contributed by atoms with Crippen LogP contribution in [0.1, 0.15) is 22.8 Å². The molecule has 1 fully saturated rings. The minimum Gasteiger partial charge on any atom is -0.351 e. The van der Waals surface area contributed by atoms with Crippen LogP contribution in [0.25, 0.3) is 11.3 Å². The third kappa shape index (κ3) is 1.33. The molecule has 2 atom stereocenters. The minimum absolute atomic E-state index is 0.0882. The third-order valence-corrected chi connectivity index (χ3v) is 4.51. The first-order chi connectivity index (χ1) is 10.4. The fourth-order valence-corrected chi connectivity index (χ4v) is 3.57. The van der Waals surface area contributed by atoms with Crippen molar-refractivity contribution in [1.82, 2.24) is 4.98 Å². The molecule has 21 heavy (non-hydrogen) atoms. The van der Waals surface area contributed by atoms with Gasteiger partial charge in [-0.15, -0.1) is 0 Å². The Morgan fingerprint density at radius 3 is 2.48 bits per heavy atom. The van der Waals surface area contributed by atoms with Crippen LogP contribution in [-0.2, 0) is 10.3 Å². The number of ether oxygens (including phenoxy) is 1. The maximum absolute atomic E-state index is 6.26. The van der Waals surface area contributed by atoms with E-state index in [0.29, 0.717) is 0 Å². The third-order valence-electron chi connectivity index (χ3n) is 4.51. The molecule has 2 nitrogen and oxygen atoms in total. The number of aromatic nitrogens is 1. The summed E-state index contributed by atoms with van der Waals surface area (Å²) < 4.78 is 6.26. The topological polar surface area (TPSA) is 25.4 Å². The molecule has 5 rings (SSSR count). The summed E-state index contributed by atoms with van der Waals surface area (Å²) in [5.74, 6) is 0. The molecule has 2 heteroatoms. The minimum atomic E-state index is -0.332. The molecule has 0 N–H and O–H groups in total. The lowest BCUT2D eigenvalue weighted by Gasteiger charge is -2.08. The monoisotopic (exact) mass is 271 g/mol. The zero-order valence-electron chi connectivity index (χ0n) is 11.4. The molecule has 1 saturated heterocycles. The lowest BCUT2D eigenvalue weighted by molar-refractivity contribution is 0.332. The maximum atomic E-state index is 6.26. The fourth-order valence-electron chi connectivity index (χ4n) is 3.57. The van der Waals surface area contributed by atoms with Gasteiger partial charge in [-0.1, -0.05) is 60.7 Å². The van der Waals surface area contributed by atoms with E-state index in [0.717, 1.165) is 5.69 Å². The normalized spacial score (nSPS) is 24.7. The van der Waals surface area contributed by atoms with Gasteiger partial charge in [0, 0.05) is 22.9 Å². The number of hydrogen-bond donors (Lipinski definition) is 0. The largest absolute Gasteiger partial charge is 0.351 e. The molecule has 2 aliphatic rings. The summed E-state index contributed by atoms with van der Waals surface area (Å²) in [5.41, 5.74) is 5.59. The molecule has 0 amide bonds. The van der Waals surface area contributed by atoms with Gasteiger partial charge < -0.3 is 4.74 Å². The van der Waals surface area contributed by atoms with Crippen LogP contribution in [-0.4, -0.2) is 4.98 Å². The van der Waals surface area contributed by atoms with E-state index in [1.54, 1.807) is 0 Å². The first kappa shape index (κ1) is 11.2. The van der Waals surface area contributed by atoms with E-state index < -0.39 is 0 Å². The predicted octanol–water partition coefficient (Wildman–Crippen LogP) is 4.08. The van der Waals surface area contributed by atoms with Crippen molar-refractivity contribution in [2.45, 2.75) is 11.7 Å². The smallest absolute Gasteiger partial charge is 0.152 e. The maximum Gasteiger partial charge on any atom is 0.152 e. The number of rotatable bonds is 1. The van der Waals surface area contributed by atoms with Gasteiger partial charge in [0.05, 0.1) is 5.69 Å². The van der Waals surface area contributed by atoms with Crippen LogP contribution in [0.3, 0.4) is 0 Å². The predicted molar refractivity (Wildman–Crippen MR) is 80.7 cm³/mol. The van der Waals surface area contributed by atoms with Crippen molar-refractivity contribution >= 4 is 0 Å². The summed E-state index contributed by atoms with van der Waals surface area (Å²) in [6, 6.07) is 23.0. The van der Waals surface area contributed by atoms with E-state index in [9.17, 15) is 0 Å². The van der Waals surface area contributed by atoms with E-state index in [-0.39, 0.29) is 11.7 Å². The Morgan fingerprint density at radius 1 is 0.810 bits per heavy atom. The number of epoxide rings is 1. The van der Waals surface area contributed by atoms with E-state index in [4.69, 9.17) is 4.74 Å². The lowest BCUT2D eigenvalue weighted by atomic mass is 9.90. The summed E-state index contributed by atoms with van der Waals surface area (Å²) in [7, 11) is 0. The van der Waals surface area contributed by atoms with Crippen molar-refractivity contribution in [3.8, 4) is 11.3 Å². The van der Waals surface area contributed by atoms with Crippen LogP contribution in [0, 0.1) is 0 Å². The molecule has 0 radical (unpaired) electrons. The molecule has 2 heterocycles. The Hall–Kier alpha value is -2.45. The second kappa shape index (κ2) is 3.80. The summed E-state index contributed by atoms with van der Waals surface area (Å²) in [6.45, 7) is 0. The van der Waals surface area contributed by atoms with Gasteiger partial charge >= 0.3 is 0 Å². The molecule has 1 aromatic heterocycles. The van der Waals surface area contributed by atoms with Gasteiger partial charge in [-0.2, -0.15) is 0 Å². The van der Waals surface area contributed by atoms with Gasteiger partial charge in [-0.25, -0.2) is 0 Å².